The number of nitrogens with zero attached hydrogens (tertiary/aromatic N) is 6. The number of hydrogen-bond donors (Lipinski definition) is 1. The zero-order chi connectivity index (χ0) is 23.3. The summed E-state index contributed by atoms with van der Waals surface area (Å²) >= 11 is 0. The van der Waals surface area contributed by atoms with Crippen molar-refractivity contribution in [2.24, 2.45) is 0 Å². The van der Waals surface area contributed by atoms with E-state index in [-0.39, 0.29) is 47.9 Å². The van der Waals surface area contributed by atoms with Gasteiger partial charge in [-0.2, -0.15) is 23.3 Å². The Kier molecular flexibility index (Phi) is 5.89. The average Bonchev–Trinajstić information content (AvgIpc) is 3.33. The fourth-order valence-corrected chi connectivity index (χ4v) is 3.77. The lowest BCUT2D eigenvalue weighted by atomic mass is 9.93. The molecule has 5 rings (SSSR count). The van der Waals surface area contributed by atoms with Crippen molar-refractivity contribution in [1.29, 1.82) is 0 Å². The Hall–Kier alpha value is -3.74. The lowest BCUT2D eigenvalue weighted by Gasteiger charge is -2.38. The molecule has 0 unspecified atom stereocenters. The minimum atomic E-state index is -4.74. The van der Waals surface area contributed by atoms with Gasteiger partial charge in [-0.3, -0.25) is 9.48 Å². The molecule has 9 nitrogen and oxygen atoms in total. The molecule has 0 spiro atoms. The summed E-state index contributed by atoms with van der Waals surface area (Å²) in [4.78, 5) is 21.4. The highest BCUT2D eigenvalue weighted by atomic mass is 35.5. The van der Waals surface area contributed by atoms with Crippen LogP contribution in [0.5, 0.6) is 0 Å². The summed E-state index contributed by atoms with van der Waals surface area (Å²) in [5.74, 6) is -2.52. The molecular weight excluding hydrogens is 482 g/mol. The van der Waals surface area contributed by atoms with Gasteiger partial charge < -0.3 is 15.2 Å². The van der Waals surface area contributed by atoms with E-state index in [2.05, 4.69) is 24.7 Å². The molecule has 1 aliphatic rings. The third-order valence-electron chi connectivity index (χ3n) is 5.34. The highest BCUT2D eigenvalue weighted by molar-refractivity contribution is 5.95. The first kappa shape index (κ1) is 23.4. The third-order valence-corrected chi connectivity index (χ3v) is 5.34. The summed E-state index contributed by atoms with van der Waals surface area (Å²) in [5.41, 5.74) is 6.78. The van der Waals surface area contributed by atoms with E-state index in [0.29, 0.717) is 29.9 Å². The monoisotopic (exact) mass is 497 g/mol. The smallest absolute Gasteiger partial charge is 0.384 e. The Labute approximate surface area is 194 Å². The van der Waals surface area contributed by atoms with Crippen molar-refractivity contribution in [2.75, 3.05) is 18.8 Å². The fraction of sp³-hybridized carbons (Fsp3) is 0.250. The lowest BCUT2D eigenvalue weighted by Crippen LogP contribution is -2.48. The maximum Gasteiger partial charge on any atom is 0.455 e. The van der Waals surface area contributed by atoms with Gasteiger partial charge in [0.05, 0.1) is 16.6 Å². The molecule has 14 heteroatoms. The van der Waals surface area contributed by atoms with Crippen molar-refractivity contribution in [3.63, 3.8) is 0 Å². The van der Waals surface area contributed by atoms with Gasteiger partial charge in [-0.1, -0.05) is 11.2 Å². The van der Waals surface area contributed by atoms with Gasteiger partial charge in [0.1, 0.15) is 18.2 Å². The number of rotatable bonds is 4. The third kappa shape index (κ3) is 4.14. The summed E-state index contributed by atoms with van der Waals surface area (Å²) in [5, 5.41) is 7.58. The highest BCUT2D eigenvalue weighted by Crippen LogP contribution is 2.34. The molecule has 4 aromatic rings. The van der Waals surface area contributed by atoms with Crippen LogP contribution in [0, 0.1) is 5.82 Å². The van der Waals surface area contributed by atoms with Crippen LogP contribution in [0.25, 0.3) is 10.9 Å². The maximum atomic E-state index is 14.7. The van der Waals surface area contributed by atoms with E-state index in [4.69, 9.17) is 5.73 Å². The van der Waals surface area contributed by atoms with Crippen molar-refractivity contribution >= 4 is 35.0 Å². The molecule has 1 aromatic carbocycles. The van der Waals surface area contributed by atoms with Crippen molar-refractivity contribution in [3.05, 3.63) is 65.3 Å². The van der Waals surface area contributed by atoms with E-state index in [1.165, 1.54) is 29.1 Å². The second-order valence-electron chi connectivity index (χ2n) is 7.56. The van der Waals surface area contributed by atoms with Gasteiger partial charge in [0.25, 0.3) is 11.7 Å². The van der Waals surface area contributed by atoms with Crippen LogP contribution in [0.1, 0.15) is 33.7 Å². The van der Waals surface area contributed by atoms with Crippen LogP contribution in [-0.4, -0.2) is 48.8 Å². The van der Waals surface area contributed by atoms with Gasteiger partial charge >= 0.3 is 6.18 Å². The number of amides is 1. The zero-order valence-electron chi connectivity index (χ0n) is 17.2. The molecule has 2 N–H and O–H groups in total. The van der Waals surface area contributed by atoms with Crippen LogP contribution in [0.3, 0.4) is 0 Å². The first-order valence-electron chi connectivity index (χ1n) is 9.76. The highest BCUT2D eigenvalue weighted by Gasteiger charge is 2.38. The Morgan fingerprint density at radius 3 is 2.68 bits per heavy atom. The van der Waals surface area contributed by atoms with Crippen LogP contribution >= 0.6 is 12.4 Å². The molecule has 34 heavy (non-hydrogen) atoms. The summed E-state index contributed by atoms with van der Waals surface area (Å²) in [6, 6.07) is 7.36. The number of nitrogen functional groups attached to an aromatic ring is 1. The summed E-state index contributed by atoms with van der Waals surface area (Å²) in [6.45, 7) is 0.315. The summed E-state index contributed by atoms with van der Waals surface area (Å²) < 4.78 is 59.0. The number of nitrogens with two attached hydrogens (primary N) is 1. The van der Waals surface area contributed by atoms with Crippen LogP contribution in [0.2, 0.25) is 0 Å². The number of anilines is 1. The van der Waals surface area contributed by atoms with Gasteiger partial charge in [0.2, 0.25) is 5.89 Å². The number of pyridine rings is 1. The molecule has 4 heterocycles. The van der Waals surface area contributed by atoms with Crippen molar-refractivity contribution in [2.45, 2.75) is 18.6 Å². The van der Waals surface area contributed by atoms with Gasteiger partial charge in [0, 0.05) is 30.8 Å². The molecule has 1 fully saturated rings. The Morgan fingerprint density at radius 1 is 1.24 bits per heavy atom. The number of likely N-dealkylation sites (tertiary alicyclic amines) is 1. The number of halogens is 5. The van der Waals surface area contributed by atoms with Crippen molar-refractivity contribution < 1.29 is 26.9 Å². The number of carbonyl (C=O) groups is 1. The van der Waals surface area contributed by atoms with Crippen LogP contribution in [-0.2, 0) is 12.7 Å². The van der Waals surface area contributed by atoms with E-state index in [0.717, 1.165) is 0 Å². The summed E-state index contributed by atoms with van der Waals surface area (Å²) in [7, 11) is 0. The molecular formula is C20H16ClF4N7O2. The standard InChI is InChI=1S/C20H15F4N7O2.ClH/c21-12-2-1-3-13-16(12)17(28-31(13)9-15-27-19(29-33-15)20(22,23)24)11-7-30(8-11)18(32)10-4-5-26-14(25)6-10;/h1-6,11H,7-9H2,(H2,25,26);1H. The molecule has 178 valence electrons. The summed E-state index contributed by atoms with van der Waals surface area (Å²) in [6.07, 6.45) is -3.31. The van der Waals surface area contributed by atoms with E-state index in [1.54, 1.807) is 17.0 Å². The van der Waals surface area contributed by atoms with E-state index < -0.39 is 17.8 Å². The number of benzene rings is 1. The largest absolute Gasteiger partial charge is 0.455 e. The molecule has 0 radical (unpaired) electrons. The second-order valence-corrected chi connectivity index (χ2v) is 7.56. The first-order valence-corrected chi connectivity index (χ1v) is 9.76. The minimum absolute atomic E-state index is 0. The van der Waals surface area contributed by atoms with E-state index >= 15 is 0 Å². The molecule has 0 bridgehead atoms. The topological polar surface area (TPSA) is 116 Å². The quantitative estimate of drug-likeness (QED) is 0.430. The molecule has 1 aliphatic heterocycles. The molecule has 3 aromatic heterocycles. The van der Waals surface area contributed by atoms with Gasteiger partial charge in [0.15, 0.2) is 0 Å². The second kappa shape index (κ2) is 8.56. The van der Waals surface area contributed by atoms with Crippen LogP contribution in [0.15, 0.2) is 41.1 Å². The average molecular weight is 498 g/mol. The number of carbonyl (C=O) groups excluding carboxylic acids is 1. The van der Waals surface area contributed by atoms with E-state index in [1.807, 2.05) is 0 Å². The predicted molar refractivity (Wildman–Crippen MR) is 113 cm³/mol. The Balaban J connectivity index is 0.00000274. The van der Waals surface area contributed by atoms with Crippen molar-refractivity contribution in [1.82, 2.24) is 29.8 Å². The van der Waals surface area contributed by atoms with Crippen LogP contribution in [0.4, 0.5) is 23.4 Å². The molecule has 0 atom stereocenters. The minimum Gasteiger partial charge on any atom is -0.384 e. The van der Waals surface area contributed by atoms with Crippen LogP contribution < -0.4 is 5.73 Å². The first-order chi connectivity index (χ1) is 15.7. The number of fused-ring (bicyclic) bond motifs is 1. The lowest BCUT2D eigenvalue weighted by molar-refractivity contribution is -0.146. The molecule has 1 amide bonds. The molecule has 0 saturated carbocycles. The van der Waals surface area contributed by atoms with Gasteiger partial charge in [-0.25, -0.2) is 9.37 Å². The normalized spacial score (nSPS) is 14.2. The van der Waals surface area contributed by atoms with Gasteiger partial charge in [-0.15, -0.1) is 12.4 Å². The Bertz CT molecular complexity index is 1360. The van der Waals surface area contributed by atoms with E-state index in [9.17, 15) is 22.4 Å². The zero-order valence-corrected chi connectivity index (χ0v) is 18.0. The SMILES string of the molecule is Cl.Nc1cc(C(=O)N2CC(c3nn(Cc4nc(C(F)(F)F)no4)c4cccc(F)c34)C2)ccn1. The molecule has 1 saturated heterocycles. The van der Waals surface area contributed by atoms with Gasteiger partial charge in [-0.05, 0) is 24.3 Å². The number of hydrogen-bond acceptors (Lipinski definition) is 7. The predicted octanol–water partition coefficient (Wildman–Crippen LogP) is 3.26. The number of alkyl halides is 3. The molecule has 0 aliphatic carbocycles. The number of aromatic nitrogens is 5. The van der Waals surface area contributed by atoms with Crippen molar-refractivity contribution in [3.8, 4) is 0 Å². The fourth-order valence-electron chi connectivity index (χ4n) is 3.77. The Morgan fingerprint density at radius 2 is 2.00 bits per heavy atom. The maximum absolute atomic E-state index is 14.7.